The van der Waals surface area contributed by atoms with Crippen molar-refractivity contribution in [1.82, 2.24) is 0 Å². The summed E-state index contributed by atoms with van der Waals surface area (Å²) in [5, 5.41) is 0. The molecule has 0 aliphatic heterocycles. The van der Waals surface area contributed by atoms with Gasteiger partial charge in [0.2, 0.25) is 0 Å². The maximum atomic E-state index is 4.16. The van der Waals surface area contributed by atoms with Gasteiger partial charge in [-0.25, -0.2) is 14.2 Å². The van der Waals surface area contributed by atoms with E-state index in [0.29, 0.717) is 0 Å². The average molecular weight is 176 g/mol. The Hall–Kier alpha value is 1.09. The van der Waals surface area contributed by atoms with E-state index in [1.807, 2.05) is 0 Å². The van der Waals surface area contributed by atoms with Crippen molar-refractivity contribution in [3.63, 3.8) is 0 Å². The van der Waals surface area contributed by atoms with Crippen LogP contribution in [0.4, 0.5) is 0 Å². The van der Waals surface area contributed by atoms with E-state index in [9.17, 15) is 0 Å². The Bertz CT molecular complexity index is 18.4. The van der Waals surface area contributed by atoms with E-state index >= 15 is 0 Å². The second-order valence-corrected chi connectivity index (χ2v) is 0.526. The molecule has 0 aromatic rings. The van der Waals surface area contributed by atoms with Gasteiger partial charge in [-0.15, -0.1) is 0 Å². The minimum Gasteiger partial charge on any atom is -0.537 e. The standard InChI is InChI=1S/C3H6O2.2V/c1-4-3-5-2;;/h1-3H2;;/q-2;;. The van der Waals surface area contributed by atoms with Gasteiger partial charge in [-0.05, 0) is 0 Å². The summed E-state index contributed by atoms with van der Waals surface area (Å²) in [6.45, 7) is 0.167. The van der Waals surface area contributed by atoms with E-state index in [0.717, 1.165) is 0 Å². The third-order valence-electron chi connectivity index (χ3n) is 0.167. The summed E-state index contributed by atoms with van der Waals surface area (Å²) < 4.78 is 8.31. The molecule has 2 nitrogen and oxygen atoms in total. The zero-order valence-electron chi connectivity index (χ0n) is 3.83. The van der Waals surface area contributed by atoms with Crippen LogP contribution in [0, 0.1) is 14.2 Å². The molecule has 4 heteroatoms. The topological polar surface area (TPSA) is 18.5 Å². The van der Waals surface area contributed by atoms with Crippen LogP contribution in [-0.2, 0) is 46.6 Å². The fourth-order valence-corrected chi connectivity index (χ4v) is 0.0589. The first-order valence-corrected chi connectivity index (χ1v) is 1.15. The van der Waals surface area contributed by atoms with Crippen molar-refractivity contribution >= 4 is 0 Å². The van der Waals surface area contributed by atoms with Crippen molar-refractivity contribution in [3.05, 3.63) is 14.2 Å². The van der Waals surface area contributed by atoms with Crippen molar-refractivity contribution < 1.29 is 46.6 Å². The molecule has 0 atom stereocenters. The van der Waals surface area contributed by atoms with Crippen molar-refractivity contribution in [2.75, 3.05) is 6.79 Å². The molecule has 2 radical (unpaired) electrons. The summed E-state index contributed by atoms with van der Waals surface area (Å²) in [5.74, 6) is 0. The minimum atomic E-state index is 0. The zero-order chi connectivity index (χ0) is 4.12. The molecular formula is C3H6O2V2-2. The van der Waals surface area contributed by atoms with Gasteiger partial charge in [0, 0.05) is 37.1 Å². The molecule has 0 saturated heterocycles. The molecule has 0 unspecified atom stereocenters. The molecule has 0 fully saturated rings. The van der Waals surface area contributed by atoms with E-state index in [1.165, 1.54) is 0 Å². The fourth-order valence-electron chi connectivity index (χ4n) is 0.0589. The summed E-state index contributed by atoms with van der Waals surface area (Å²) >= 11 is 0. The Kier molecular flexibility index (Phi) is 35.2. The molecule has 42 valence electrons. The van der Waals surface area contributed by atoms with E-state index in [-0.39, 0.29) is 43.9 Å². The Morgan fingerprint density at radius 2 is 1.29 bits per heavy atom. The minimum absolute atomic E-state index is 0. The normalized spacial score (nSPS) is 6.00. The number of hydrogen-bond donors (Lipinski definition) is 0. The molecule has 0 aliphatic carbocycles. The van der Waals surface area contributed by atoms with Gasteiger partial charge >= 0.3 is 0 Å². The molecule has 0 aliphatic rings. The SMILES string of the molecule is [CH2-]OCO[CH2-].[V].[V]. The maximum absolute atomic E-state index is 4.16. The summed E-state index contributed by atoms with van der Waals surface area (Å²) in [7, 11) is 6.02. The fraction of sp³-hybridized carbons (Fsp3) is 0.333. The Morgan fingerprint density at radius 1 is 1.00 bits per heavy atom. The predicted octanol–water partition coefficient (Wildman–Crippen LogP) is 0.555. The third kappa shape index (κ3) is 19.2. The smallest absolute Gasteiger partial charge is 0.0845 e. The van der Waals surface area contributed by atoms with Crippen molar-refractivity contribution in [2.45, 2.75) is 0 Å². The number of ether oxygens (including phenoxy) is 2. The summed E-state index contributed by atoms with van der Waals surface area (Å²) in [6, 6.07) is 0. The van der Waals surface area contributed by atoms with Crippen LogP contribution >= 0.6 is 0 Å². The van der Waals surface area contributed by atoms with Crippen LogP contribution in [0.2, 0.25) is 0 Å². The predicted molar refractivity (Wildman–Crippen MR) is 17.8 cm³/mol. The molecule has 0 spiro atoms. The zero-order valence-corrected chi connectivity index (χ0v) is 6.63. The number of hydrogen-bond acceptors (Lipinski definition) is 2. The van der Waals surface area contributed by atoms with Gasteiger partial charge in [0.1, 0.15) is 0 Å². The molecule has 0 bridgehead atoms. The van der Waals surface area contributed by atoms with Crippen LogP contribution in [0.5, 0.6) is 0 Å². The van der Waals surface area contributed by atoms with Crippen LogP contribution in [-0.4, -0.2) is 6.79 Å². The Labute approximate surface area is 67.7 Å². The second kappa shape index (κ2) is 15.7. The van der Waals surface area contributed by atoms with Gasteiger partial charge in [-0.2, -0.15) is 0 Å². The van der Waals surface area contributed by atoms with Gasteiger partial charge in [-0.3, -0.25) is 0 Å². The van der Waals surface area contributed by atoms with Gasteiger partial charge in [0.05, 0.1) is 6.79 Å². The Balaban J connectivity index is -0.0000000800. The molecule has 0 aromatic carbocycles. The van der Waals surface area contributed by atoms with E-state index in [2.05, 4.69) is 23.7 Å². The molecule has 0 N–H and O–H groups in total. The molecule has 0 amide bonds. The summed E-state index contributed by atoms with van der Waals surface area (Å²) in [6.07, 6.45) is 0. The molecule has 0 saturated carbocycles. The van der Waals surface area contributed by atoms with E-state index in [4.69, 9.17) is 0 Å². The van der Waals surface area contributed by atoms with E-state index < -0.39 is 0 Å². The summed E-state index contributed by atoms with van der Waals surface area (Å²) in [4.78, 5) is 0. The van der Waals surface area contributed by atoms with Crippen LogP contribution in [0.25, 0.3) is 0 Å². The average Bonchev–Trinajstić information content (AvgIpc) is 1.41. The van der Waals surface area contributed by atoms with Gasteiger partial charge < -0.3 is 9.47 Å². The maximum Gasteiger partial charge on any atom is 0.0845 e. The van der Waals surface area contributed by atoms with Crippen LogP contribution in [0.1, 0.15) is 0 Å². The molecule has 7 heavy (non-hydrogen) atoms. The van der Waals surface area contributed by atoms with Crippen LogP contribution < -0.4 is 0 Å². The quantitative estimate of drug-likeness (QED) is 0.451. The van der Waals surface area contributed by atoms with Crippen molar-refractivity contribution in [1.29, 1.82) is 0 Å². The van der Waals surface area contributed by atoms with E-state index in [1.54, 1.807) is 0 Å². The van der Waals surface area contributed by atoms with Gasteiger partial charge in [-0.1, -0.05) is 0 Å². The van der Waals surface area contributed by atoms with Crippen LogP contribution in [0.15, 0.2) is 0 Å². The second-order valence-electron chi connectivity index (χ2n) is 0.526. The molecule has 0 heterocycles. The first kappa shape index (κ1) is 15.7. The first-order valence-electron chi connectivity index (χ1n) is 1.15. The van der Waals surface area contributed by atoms with Gasteiger partial charge in [0.25, 0.3) is 0 Å². The molecular weight excluding hydrogens is 170 g/mol. The monoisotopic (exact) mass is 176 g/mol. The van der Waals surface area contributed by atoms with Gasteiger partial charge in [0.15, 0.2) is 0 Å². The Morgan fingerprint density at radius 3 is 1.29 bits per heavy atom. The first-order chi connectivity index (χ1) is 2.41. The van der Waals surface area contributed by atoms with Crippen molar-refractivity contribution in [3.8, 4) is 0 Å². The van der Waals surface area contributed by atoms with Crippen LogP contribution in [0.3, 0.4) is 0 Å². The number of rotatable bonds is 2. The molecule has 0 rings (SSSR count). The summed E-state index contributed by atoms with van der Waals surface area (Å²) in [5.41, 5.74) is 0. The molecule has 0 aromatic heterocycles. The largest absolute Gasteiger partial charge is 0.537 e. The van der Waals surface area contributed by atoms with Crippen molar-refractivity contribution in [2.24, 2.45) is 0 Å². The third-order valence-corrected chi connectivity index (χ3v) is 0.167.